The summed E-state index contributed by atoms with van der Waals surface area (Å²) in [6.45, 7) is 8.57. The number of hydrogen-bond donors (Lipinski definition) is 2. The number of carbonyl (C=O) groups is 3. The molecule has 9 heteroatoms. The average Bonchev–Trinajstić information content (AvgIpc) is 3.46. The van der Waals surface area contributed by atoms with Crippen LogP contribution in [-0.2, 0) is 14.3 Å². The van der Waals surface area contributed by atoms with E-state index in [9.17, 15) is 14.4 Å². The van der Waals surface area contributed by atoms with E-state index in [0.29, 0.717) is 12.1 Å². The van der Waals surface area contributed by atoms with Gasteiger partial charge in [-0.25, -0.2) is 0 Å². The summed E-state index contributed by atoms with van der Waals surface area (Å²) < 4.78 is 5.68. The van der Waals surface area contributed by atoms with Crippen molar-refractivity contribution in [1.29, 1.82) is 0 Å². The van der Waals surface area contributed by atoms with Crippen LogP contribution in [0.15, 0.2) is 24.3 Å². The zero-order valence-corrected chi connectivity index (χ0v) is 22.3. The molecule has 5 rings (SSSR count). The number of piperazine rings is 1. The van der Waals surface area contributed by atoms with Crippen LogP contribution in [0.5, 0.6) is 0 Å². The van der Waals surface area contributed by atoms with Crippen molar-refractivity contribution in [2.45, 2.75) is 69.8 Å². The van der Waals surface area contributed by atoms with Gasteiger partial charge in [0.2, 0.25) is 5.91 Å². The first-order chi connectivity index (χ1) is 17.9. The van der Waals surface area contributed by atoms with Gasteiger partial charge in [-0.05, 0) is 50.1 Å². The number of ether oxygens (including phenoxy) is 1. The smallest absolute Gasteiger partial charge is 0.251 e. The standard InChI is InChI=1S/C28H41N5O4/c1-4-18(2)24(28(36)33-16-22(29-3)26-25(33)23(34)17-37-26)30-27(35)19-8-10-21(11-9-19)32-14-12-31(13-15-32)20-6-5-7-20/h8-11,18,20,22,24-26,29H,4-7,12-17H2,1-3H3,(H,30,35)/t18-,22-,24-,25+,26+/m0/s1. The van der Waals surface area contributed by atoms with Crippen LogP contribution in [0.3, 0.4) is 0 Å². The van der Waals surface area contributed by atoms with Gasteiger partial charge in [0.25, 0.3) is 5.91 Å². The molecule has 1 saturated carbocycles. The number of nitrogens with one attached hydrogen (secondary N) is 2. The number of carbonyl (C=O) groups excluding carboxylic acids is 3. The lowest BCUT2D eigenvalue weighted by Gasteiger charge is -2.43. The van der Waals surface area contributed by atoms with Crippen LogP contribution in [-0.4, -0.2) is 104 Å². The van der Waals surface area contributed by atoms with E-state index < -0.39 is 12.1 Å². The van der Waals surface area contributed by atoms with Crippen LogP contribution < -0.4 is 15.5 Å². The van der Waals surface area contributed by atoms with Gasteiger partial charge in [0.1, 0.15) is 24.8 Å². The predicted molar refractivity (Wildman–Crippen MR) is 142 cm³/mol. The molecule has 4 aliphatic rings. The Morgan fingerprint density at radius 2 is 1.81 bits per heavy atom. The summed E-state index contributed by atoms with van der Waals surface area (Å²) in [4.78, 5) is 46.1. The molecule has 9 nitrogen and oxygen atoms in total. The van der Waals surface area contributed by atoms with Crippen molar-refractivity contribution in [2.75, 3.05) is 51.3 Å². The van der Waals surface area contributed by atoms with Gasteiger partial charge >= 0.3 is 0 Å². The lowest BCUT2D eigenvalue weighted by molar-refractivity contribution is -0.139. The van der Waals surface area contributed by atoms with Crippen LogP contribution >= 0.6 is 0 Å². The highest BCUT2D eigenvalue weighted by molar-refractivity contribution is 5.99. The molecule has 0 bridgehead atoms. The van der Waals surface area contributed by atoms with E-state index in [0.717, 1.165) is 44.3 Å². The minimum Gasteiger partial charge on any atom is -0.369 e. The zero-order chi connectivity index (χ0) is 26.1. The number of benzene rings is 1. The molecule has 5 atom stereocenters. The number of amides is 2. The molecular weight excluding hydrogens is 470 g/mol. The highest BCUT2D eigenvalue weighted by Crippen LogP contribution is 2.30. The van der Waals surface area contributed by atoms with Crippen molar-refractivity contribution in [3.63, 3.8) is 0 Å². The van der Waals surface area contributed by atoms with Crippen molar-refractivity contribution in [3.8, 4) is 0 Å². The van der Waals surface area contributed by atoms with Crippen LogP contribution in [0.4, 0.5) is 5.69 Å². The van der Waals surface area contributed by atoms with E-state index in [-0.39, 0.29) is 42.3 Å². The number of hydrogen-bond acceptors (Lipinski definition) is 7. The highest BCUT2D eigenvalue weighted by atomic mass is 16.5. The SMILES string of the molecule is CC[C@H](C)[C@H](NC(=O)c1ccc(N2CCN(C3CCC3)CC2)cc1)C(=O)N1C[C@H](NC)[C@H]2OCC(=O)[C@H]21. The van der Waals surface area contributed by atoms with E-state index in [1.807, 2.05) is 45.2 Å². The Hall–Kier alpha value is -2.49. The number of rotatable bonds is 8. The van der Waals surface area contributed by atoms with Crippen LogP contribution in [0.25, 0.3) is 0 Å². The summed E-state index contributed by atoms with van der Waals surface area (Å²) in [6.07, 6.45) is 4.43. The first kappa shape index (κ1) is 26.1. The molecule has 3 heterocycles. The number of likely N-dealkylation sites (tertiary alicyclic amines) is 1. The van der Waals surface area contributed by atoms with Crippen molar-refractivity contribution in [2.24, 2.45) is 5.92 Å². The van der Waals surface area contributed by atoms with Gasteiger partial charge in [0, 0.05) is 50.0 Å². The second-order valence-corrected chi connectivity index (χ2v) is 11.1. The largest absolute Gasteiger partial charge is 0.369 e. The second kappa shape index (κ2) is 11.1. The second-order valence-electron chi connectivity index (χ2n) is 11.1. The summed E-state index contributed by atoms with van der Waals surface area (Å²) >= 11 is 0. The number of fused-ring (bicyclic) bond motifs is 1. The summed E-state index contributed by atoms with van der Waals surface area (Å²) in [5.41, 5.74) is 1.66. The maximum absolute atomic E-state index is 13.7. The molecule has 3 aliphatic heterocycles. The molecule has 0 unspecified atom stereocenters. The topological polar surface area (TPSA) is 94.2 Å². The van der Waals surface area contributed by atoms with E-state index in [1.54, 1.807) is 4.90 Å². The first-order valence-electron chi connectivity index (χ1n) is 13.9. The maximum atomic E-state index is 13.7. The Balaban J connectivity index is 1.23. The molecule has 1 aromatic rings. The lowest BCUT2D eigenvalue weighted by Crippen LogP contribution is -2.54. The number of ketones is 1. The van der Waals surface area contributed by atoms with E-state index >= 15 is 0 Å². The van der Waals surface area contributed by atoms with Crippen molar-refractivity contribution in [1.82, 2.24) is 20.4 Å². The van der Waals surface area contributed by atoms with Gasteiger partial charge in [-0.15, -0.1) is 0 Å². The number of anilines is 1. The lowest BCUT2D eigenvalue weighted by atomic mass is 9.91. The quantitative estimate of drug-likeness (QED) is 0.543. The third-order valence-corrected chi connectivity index (χ3v) is 9.00. The summed E-state index contributed by atoms with van der Waals surface area (Å²) in [7, 11) is 1.81. The first-order valence-corrected chi connectivity index (χ1v) is 13.9. The van der Waals surface area contributed by atoms with Crippen LogP contribution in [0.1, 0.15) is 49.9 Å². The van der Waals surface area contributed by atoms with Gasteiger partial charge in [-0.3, -0.25) is 19.3 Å². The Labute approximate surface area is 219 Å². The molecule has 1 aliphatic carbocycles. The fourth-order valence-electron chi connectivity index (χ4n) is 6.14. The van der Waals surface area contributed by atoms with Crippen molar-refractivity contribution < 1.29 is 19.1 Å². The van der Waals surface area contributed by atoms with E-state index in [2.05, 4.69) is 20.4 Å². The summed E-state index contributed by atoms with van der Waals surface area (Å²) in [6, 6.07) is 7.09. The third kappa shape index (κ3) is 5.13. The molecule has 37 heavy (non-hydrogen) atoms. The Bertz CT molecular complexity index is 989. The molecule has 2 amide bonds. The molecule has 1 aromatic carbocycles. The number of likely N-dealkylation sites (N-methyl/N-ethyl adjacent to an activating group) is 1. The average molecular weight is 512 g/mol. The molecule has 202 valence electrons. The van der Waals surface area contributed by atoms with Crippen molar-refractivity contribution in [3.05, 3.63) is 29.8 Å². The molecule has 0 aromatic heterocycles. The maximum Gasteiger partial charge on any atom is 0.251 e. The summed E-state index contributed by atoms with van der Waals surface area (Å²) in [5.74, 6) is -0.633. The molecule has 3 saturated heterocycles. The minimum absolute atomic E-state index is 0.0274. The fourth-order valence-corrected chi connectivity index (χ4v) is 6.14. The minimum atomic E-state index is -0.707. The summed E-state index contributed by atoms with van der Waals surface area (Å²) in [5, 5.41) is 6.17. The Morgan fingerprint density at radius 3 is 2.41 bits per heavy atom. The molecule has 0 radical (unpaired) electrons. The van der Waals surface area contributed by atoms with Gasteiger partial charge in [0.15, 0.2) is 5.78 Å². The van der Waals surface area contributed by atoms with Crippen LogP contribution in [0.2, 0.25) is 0 Å². The Kier molecular flexibility index (Phi) is 7.83. The van der Waals surface area contributed by atoms with Gasteiger partial charge in [-0.1, -0.05) is 26.7 Å². The van der Waals surface area contributed by atoms with Gasteiger partial charge in [0.05, 0.1) is 6.04 Å². The number of nitrogens with zero attached hydrogens (tertiary/aromatic N) is 3. The molecule has 4 fully saturated rings. The Morgan fingerprint density at radius 1 is 1.11 bits per heavy atom. The molecular formula is C28H41N5O4. The van der Waals surface area contributed by atoms with Crippen LogP contribution in [0, 0.1) is 5.92 Å². The zero-order valence-electron chi connectivity index (χ0n) is 22.3. The van der Waals surface area contributed by atoms with Crippen molar-refractivity contribution >= 4 is 23.3 Å². The monoisotopic (exact) mass is 511 g/mol. The number of Topliss-reactive ketones (excluding diaryl/α,β-unsaturated/α-hetero) is 1. The fraction of sp³-hybridized carbons (Fsp3) is 0.679. The molecule has 2 N–H and O–H groups in total. The predicted octanol–water partition coefficient (Wildman–Crippen LogP) is 1.27. The molecule has 0 spiro atoms. The van der Waals surface area contributed by atoms with Gasteiger partial charge < -0.3 is 25.2 Å². The third-order valence-electron chi connectivity index (χ3n) is 9.00. The van der Waals surface area contributed by atoms with Gasteiger partial charge in [-0.2, -0.15) is 0 Å². The van der Waals surface area contributed by atoms with E-state index in [4.69, 9.17) is 4.74 Å². The highest BCUT2D eigenvalue weighted by Gasteiger charge is 2.53. The normalized spacial score (nSPS) is 28.1. The van der Waals surface area contributed by atoms with E-state index in [1.165, 1.54) is 19.3 Å².